The molecule has 3 heterocycles. The summed E-state index contributed by atoms with van der Waals surface area (Å²) in [6.07, 6.45) is 2.99. The molecule has 0 saturated heterocycles. The molecule has 26 heavy (non-hydrogen) atoms. The molecule has 1 N–H and O–H groups in total. The summed E-state index contributed by atoms with van der Waals surface area (Å²) in [5.74, 6) is -0.212. The number of tetrazole rings is 1. The number of carbonyl (C=O) groups excluding carboxylic acids is 1. The van der Waals surface area contributed by atoms with Crippen LogP contribution >= 0.6 is 11.3 Å². The standard InChI is InChI=1S/C17H13N5O3S/c23-15-3-5-25-16-2-1-12(7-13(15)16)19-17(24)8-14(11-4-6-26-9-11)22-10-18-20-21-22/h1-7,9-10,14H,8H2,(H,19,24). The van der Waals surface area contributed by atoms with E-state index in [1.165, 1.54) is 18.7 Å². The van der Waals surface area contributed by atoms with E-state index < -0.39 is 0 Å². The summed E-state index contributed by atoms with van der Waals surface area (Å²) in [6, 6.07) is 7.94. The van der Waals surface area contributed by atoms with Gasteiger partial charge in [-0.1, -0.05) is 0 Å². The number of hydrogen-bond acceptors (Lipinski definition) is 7. The summed E-state index contributed by atoms with van der Waals surface area (Å²) in [4.78, 5) is 24.5. The SMILES string of the molecule is O=C(CC(c1ccsc1)n1cnnn1)Nc1ccc2occc(=O)c2c1. The van der Waals surface area contributed by atoms with Crippen molar-refractivity contribution in [3.05, 3.63) is 69.5 Å². The van der Waals surface area contributed by atoms with Crippen LogP contribution < -0.4 is 10.7 Å². The number of anilines is 1. The fourth-order valence-electron chi connectivity index (χ4n) is 2.69. The summed E-state index contributed by atoms with van der Waals surface area (Å²) in [5, 5.41) is 18.3. The van der Waals surface area contributed by atoms with E-state index >= 15 is 0 Å². The van der Waals surface area contributed by atoms with Gasteiger partial charge in [0, 0.05) is 11.8 Å². The first-order valence-corrected chi connectivity index (χ1v) is 8.71. The molecule has 8 nitrogen and oxygen atoms in total. The normalized spacial score (nSPS) is 12.2. The quantitative estimate of drug-likeness (QED) is 0.581. The Morgan fingerprint density at radius 1 is 1.31 bits per heavy atom. The van der Waals surface area contributed by atoms with Crippen LogP contribution in [0.25, 0.3) is 11.0 Å². The molecule has 0 spiro atoms. The minimum atomic E-state index is -0.304. The summed E-state index contributed by atoms with van der Waals surface area (Å²) < 4.78 is 6.83. The van der Waals surface area contributed by atoms with Crippen LogP contribution in [0.1, 0.15) is 18.0 Å². The first kappa shape index (κ1) is 16.2. The van der Waals surface area contributed by atoms with Gasteiger partial charge in [0.2, 0.25) is 5.91 Å². The number of nitrogens with zero attached hydrogens (tertiary/aromatic N) is 4. The van der Waals surface area contributed by atoms with Crippen molar-refractivity contribution in [1.29, 1.82) is 0 Å². The Bertz CT molecular complexity index is 1060. The Labute approximate surface area is 151 Å². The van der Waals surface area contributed by atoms with E-state index in [9.17, 15) is 9.59 Å². The number of aromatic nitrogens is 4. The third-order valence-corrected chi connectivity index (χ3v) is 4.64. The number of nitrogens with one attached hydrogen (secondary N) is 1. The van der Waals surface area contributed by atoms with Crippen LogP contribution in [-0.4, -0.2) is 26.1 Å². The molecule has 0 aliphatic rings. The van der Waals surface area contributed by atoms with Crippen molar-refractivity contribution >= 4 is 33.9 Å². The zero-order valence-corrected chi connectivity index (χ0v) is 14.2. The van der Waals surface area contributed by atoms with Gasteiger partial charge in [0.15, 0.2) is 5.43 Å². The molecule has 0 fully saturated rings. The summed E-state index contributed by atoms with van der Waals surface area (Å²) >= 11 is 1.54. The molecule has 0 bridgehead atoms. The molecular weight excluding hydrogens is 354 g/mol. The number of fused-ring (bicyclic) bond motifs is 1. The Morgan fingerprint density at radius 2 is 2.23 bits per heavy atom. The Hall–Kier alpha value is -3.33. The average Bonchev–Trinajstić information content (AvgIpc) is 3.34. The third kappa shape index (κ3) is 3.24. The molecule has 1 aromatic carbocycles. The van der Waals surface area contributed by atoms with Crippen LogP contribution in [0, 0.1) is 0 Å². The van der Waals surface area contributed by atoms with E-state index in [0.29, 0.717) is 16.7 Å². The highest BCUT2D eigenvalue weighted by molar-refractivity contribution is 7.08. The minimum absolute atomic E-state index is 0.156. The van der Waals surface area contributed by atoms with Gasteiger partial charge < -0.3 is 9.73 Å². The van der Waals surface area contributed by atoms with E-state index in [0.717, 1.165) is 5.56 Å². The van der Waals surface area contributed by atoms with Crippen molar-refractivity contribution in [2.45, 2.75) is 12.5 Å². The number of amides is 1. The van der Waals surface area contributed by atoms with Crippen LogP contribution in [0.2, 0.25) is 0 Å². The predicted octanol–water partition coefficient (Wildman–Crippen LogP) is 2.46. The Kier molecular flexibility index (Phi) is 4.28. The van der Waals surface area contributed by atoms with Crippen molar-refractivity contribution in [3.63, 3.8) is 0 Å². The number of hydrogen-bond donors (Lipinski definition) is 1. The van der Waals surface area contributed by atoms with Crippen molar-refractivity contribution in [2.24, 2.45) is 0 Å². The molecule has 4 aromatic rings. The largest absolute Gasteiger partial charge is 0.464 e. The molecule has 0 radical (unpaired) electrons. The first-order valence-electron chi connectivity index (χ1n) is 7.77. The van der Waals surface area contributed by atoms with Crippen LogP contribution in [0.15, 0.2) is 62.9 Å². The summed E-state index contributed by atoms with van der Waals surface area (Å²) in [7, 11) is 0. The van der Waals surface area contributed by atoms with Gasteiger partial charge in [0.1, 0.15) is 11.9 Å². The van der Waals surface area contributed by atoms with Gasteiger partial charge in [-0.2, -0.15) is 11.3 Å². The molecule has 9 heteroatoms. The maximum absolute atomic E-state index is 12.5. The Morgan fingerprint density at radius 3 is 3.00 bits per heavy atom. The first-order chi connectivity index (χ1) is 12.7. The molecular formula is C17H13N5O3S. The summed E-state index contributed by atoms with van der Waals surface area (Å²) in [6.45, 7) is 0. The number of thiophene rings is 1. The van der Waals surface area contributed by atoms with Gasteiger partial charge in [-0.3, -0.25) is 9.59 Å². The number of carbonyl (C=O) groups is 1. The fraction of sp³-hybridized carbons (Fsp3) is 0.118. The van der Waals surface area contributed by atoms with Gasteiger partial charge in [-0.25, -0.2) is 4.68 Å². The lowest BCUT2D eigenvalue weighted by molar-refractivity contribution is -0.116. The molecule has 1 unspecified atom stereocenters. The monoisotopic (exact) mass is 367 g/mol. The highest BCUT2D eigenvalue weighted by Crippen LogP contribution is 2.24. The lowest BCUT2D eigenvalue weighted by atomic mass is 10.1. The topological polar surface area (TPSA) is 103 Å². The second-order valence-corrected chi connectivity index (χ2v) is 6.39. The zero-order chi connectivity index (χ0) is 17.9. The van der Waals surface area contributed by atoms with Crippen molar-refractivity contribution < 1.29 is 9.21 Å². The Balaban J connectivity index is 1.56. The zero-order valence-electron chi connectivity index (χ0n) is 13.4. The molecule has 0 aliphatic carbocycles. The fourth-order valence-corrected chi connectivity index (χ4v) is 3.40. The van der Waals surface area contributed by atoms with E-state index in [4.69, 9.17) is 4.42 Å². The van der Waals surface area contributed by atoms with Crippen LogP contribution in [0.4, 0.5) is 5.69 Å². The second kappa shape index (κ2) is 6.89. The average molecular weight is 367 g/mol. The molecule has 0 aliphatic heterocycles. The van der Waals surface area contributed by atoms with Crippen molar-refractivity contribution in [1.82, 2.24) is 20.2 Å². The smallest absolute Gasteiger partial charge is 0.226 e. The maximum atomic E-state index is 12.5. The van der Waals surface area contributed by atoms with Gasteiger partial charge in [0.05, 0.1) is 24.1 Å². The molecule has 1 atom stereocenters. The number of benzene rings is 1. The van der Waals surface area contributed by atoms with Crippen LogP contribution in [0.5, 0.6) is 0 Å². The van der Waals surface area contributed by atoms with Crippen LogP contribution in [-0.2, 0) is 4.79 Å². The lowest BCUT2D eigenvalue weighted by Gasteiger charge is -2.15. The van der Waals surface area contributed by atoms with Gasteiger partial charge >= 0.3 is 0 Å². The molecule has 1 amide bonds. The van der Waals surface area contributed by atoms with Crippen LogP contribution in [0.3, 0.4) is 0 Å². The van der Waals surface area contributed by atoms with Crippen molar-refractivity contribution in [2.75, 3.05) is 5.32 Å². The molecule has 4 rings (SSSR count). The van der Waals surface area contributed by atoms with E-state index in [2.05, 4.69) is 20.8 Å². The van der Waals surface area contributed by atoms with E-state index in [-0.39, 0.29) is 23.8 Å². The van der Waals surface area contributed by atoms with E-state index in [1.54, 1.807) is 34.2 Å². The van der Waals surface area contributed by atoms with E-state index in [1.807, 2.05) is 16.8 Å². The highest BCUT2D eigenvalue weighted by Gasteiger charge is 2.20. The second-order valence-electron chi connectivity index (χ2n) is 5.61. The lowest BCUT2D eigenvalue weighted by Crippen LogP contribution is -2.20. The minimum Gasteiger partial charge on any atom is -0.464 e. The molecule has 3 aromatic heterocycles. The van der Waals surface area contributed by atoms with Gasteiger partial charge in [0.25, 0.3) is 0 Å². The highest BCUT2D eigenvalue weighted by atomic mass is 32.1. The molecule has 0 saturated carbocycles. The third-order valence-electron chi connectivity index (χ3n) is 3.93. The summed E-state index contributed by atoms with van der Waals surface area (Å²) in [5.41, 5.74) is 1.80. The predicted molar refractivity (Wildman–Crippen MR) is 96.0 cm³/mol. The molecule has 130 valence electrons. The van der Waals surface area contributed by atoms with Gasteiger partial charge in [-0.05, 0) is 51.0 Å². The van der Waals surface area contributed by atoms with Gasteiger partial charge in [-0.15, -0.1) is 5.10 Å². The van der Waals surface area contributed by atoms with Crippen molar-refractivity contribution in [3.8, 4) is 0 Å². The number of rotatable bonds is 5. The maximum Gasteiger partial charge on any atom is 0.226 e.